The fourth-order valence-electron chi connectivity index (χ4n) is 2.41. The summed E-state index contributed by atoms with van der Waals surface area (Å²) in [5, 5.41) is 4.92. The molecule has 0 aliphatic rings. The number of benzene rings is 1. The van der Waals surface area contributed by atoms with E-state index in [1.54, 1.807) is 23.7 Å². The summed E-state index contributed by atoms with van der Waals surface area (Å²) in [7, 11) is 0. The third kappa shape index (κ3) is 2.92. The van der Waals surface area contributed by atoms with Crippen LogP contribution in [0.3, 0.4) is 0 Å². The summed E-state index contributed by atoms with van der Waals surface area (Å²) in [6, 6.07) is 7.49. The Labute approximate surface area is 138 Å². The molecule has 0 spiro atoms. The van der Waals surface area contributed by atoms with Crippen LogP contribution in [0.2, 0.25) is 5.02 Å². The highest BCUT2D eigenvalue weighted by Crippen LogP contribution is 2.28. The molecule has 1 aromatic carbocycles. The molecule has 0 aliphatic carbocycles. The molecule has 0 saturated heterocycles. The summed E-state index contributed by atoms with van der Waals surface area (Å²) in [6.45, 7) is 5.93. The van der Waals surface area contributed by atoms with Crippen molar-refractivity contribution in [3.8, 4) is 11.3 Å². The Morgan fingerprint density at radius 3 is 2.78 bits per heavy atom. The average molecular weight is 330 g/mol. The number of hydrogen-bond donors (Lipinski definition) is 0. The minimum absolute atomic E-state index is 0.268. The van der Waals surface area contributed by atoms with Crippen LogP contribution in [0, 0.1) is 13.8 Å². The largest absolute Gasteiger partial charge is 0.461 e. The van der Waals surface area contributed by atoms with E-state index in [1.807, 2.05) is 32.0 Å². The van der Waals surface area contributed by atoms with Crippen molar-refractivity contribution < 1.29 is 9.53 Å². The third-order valence-electron chi connectivity index (χ3n) is 3.52. The van der Waals surface area contributed by atoms with Gasteiger partial charge in [-0.1, -0.05) is 23.7 Å². The van der Waals surface area contributed by atoms with Gasteiger partial charge in [-0.2, -0.15) is 5.10 Å². The van der Waals surface area contributed by atoms with Gasteiger partial charge in [0.25, 0.3) is 0 Å². The van der Waals surface area contributed by atoms with Gasteiger partial charge in [-0.25, -0.2) is 14.3 Å². The van der Waals surface area contributed by atoms with Gasteiger partial charge in [-0.05, 0) is 32.4 Å². The monoisotopic (exact) mass is 329 g/mol. The molecule has 0 bridgehead atoms. The van der Waals surface area contributed by atoms with Crippen molar-refractivity contribution in [1.29, 1.82) is 0 Å². The fraction of sp³-hybridized carbons (Fsp3) is 0.235. The van der Waals surface area contributed by atoms with Crippen LogP contribution in [0.1, 0.15) is 28.7 Å². The molecule has 3 aromatic rings. The summed E-state index contributed by atoms with van der Waals surface area (Å²) >= 11 is 6.32. The zero-order chi connectivity index (χ0) is 16.6. The molecule has 0 amide bonds. The minimum Gasteiger partial charge on any atom is -0.461 e. The van der Waals surface area contributed by atoms with E-state index in [0.717, 1.165) is 22.3 Å². The number of aryl methyl sites for hydroxylation is 2. The lowest BCUT2D eigenvalue weighted by Crippen LogP contribution is -2.05. The van der Waals surface area contributed by atoms with Crippen LogP contribution in [0.15, 0.2) is 30.5 Å². The summed E-state index contributed by atoms with van der Waals surface area (Å²) in [6.07, 6.45) is 1.77. The maximum atomic E-state index is 11.8. The summed E-state index contributed by atoms with van der Waals surface area (Å²) < 4.78 is 6.63. The molecule has 0 unspecified atom stereocenters. The van der Waals surface area contributed by atoms with E-state index in [2.05, 4.69) is 10.1 Å². The predicted octanol–water partition coefficient (Wildman–Crippen LogP) is 3.84. The van der Waals surface area contributed by atoms with Gasteiger partial charge in [0.15, 0.2) is 5.69 Å². The van der Waals surface area contributed by atoms with Crippen molar-refractivity contribution in [3.63, 3.8) is 0 Å². The molecule has 0 saturated carbocycles. The number of halogens is 1. The standard InChI is InChI=1S/C17H16ClN3O2/c1-4-23-17(22)14-8-16-11(3)19-15(9-21(16)20-14)12-6-5-10(2)7-13(12)18/h5-9H,4H2,1-3H3. The zero-order valence-electron chi connectivity index (χ0n) is 13.1. The number of hydrogen-bond acceptors (Lipinski definition) is 4. The van der Waals surface area contributed by atoms with E-state index >= 15 is 0 Å². The van der Waals surface area contributed by atoms with Crippen LogP contribution in [-0.2, 0) is 4.74 Å². The van der Waals surface area contributed by atoms with Crippen LogP contribution in [0.5, 0.6) is 0 Å². The maximum absolute atomic E-state index is 11.8. The molecule has 0 atom stereocenters. The van der Waals surface area contributed by atoms with Gasteiger partial charge < -0.3 is 4.74 Å². The Kier molecular flexibility index (Phi) is 4.05. The lowest BCUT2D eigenvalue weighted by atomic mass is 10.1. The van der Waals surface area contributed by atoms with Crippen LogP contribution >= 0.6 is 11.6 Å². The molecule has 3 rings (SSSR count). The van der Waals surface area contributed by atoms with Gasteiger partial charge >= 0.3 is 5.97 Å². The molecule has 2 aromatic heterocycles. The first-order valence-electron chi connectivity index (χ1n) is 7.30. The van der Waals surface area contributed by atoms with E-state index in [1.165, 1.54) is 0 Å². The van der Waals surface area contributed by atoms with Crippen molar-refractivity contribution in [2.45, 2.75) is 20.8 Å². The molecule has 6 heteroatoms. The number of rotatable bonds is 3. The highest BCUT2D eigenvalue weighted by atomic mass is 35.5. The second-order valence-electron chi connectivity index (χ2n) is 5.27. The van der Waals surface area contributed by atoms with Crippen LogP contribution in [0.25, 0.3) is 16.8 Å². The lowest BCUT2D eigenvalue weighted by Gasteiger charge is -2.07. The summed E-state index contributed by atoms with van der Waals surface area (Å²) in [5.41, 5.74) is 4.42. The molecular formula is C17H16ClN3O2. The Balaban J connectivity index is 2.12. The van der Waals surface area contributed by atoms with Crippen LogP contribution in [-0.4, -0.2) is 27.2 Å². The fourth-order valence-corrected chi connectivity index (χ4v) is 2.74. The van der Waals surface area contributed by atoms with Crippen molar-refractivity contribution in [2.75, 3.05) is 6.61 Å². The quantitative estimate of drug-likeness (QED) is 0.685. The Morgan fingerprint density at radius 1 is 1.30 bits per heavy atom. The number of carbonyl (C=O) groups excluding carboxylic acids is 1. The highest BCUT2D eigenvalue weighted by molar-refractivity contribution is 6.33. The zero-order valence-corrected chi connectivity index (χ0v) is 13.9. The van der Waals surface area contributed by atoms with Crippen molar-refractivity contribution in [1.82, 2.24) is 14.6 Å². The SMILES string of the molecule is CCOC(=O)c1cc2c(C)nc(-c3ccc(C)cc3Cl)cn2n1. The molecule has 0 N–H and O–H groups in total. The predicted molar refractivity (Wildman–Crippen MR) is 88.9 cm³/mol. The van der Waals surface area contributed by atoms with Crippen molar-refractivity contribution >= 4 is 23.1 Å². The lowest BCUT2D eigenvalue weighted by molar-refractivity contribution is 0.0519. The van der Waals surface area contributed by atoms with E-state index in [-0.39, 0.29) is 5.69 Å². The molecule has 118 valence electrons. The number of fused-ring (bicyclic) bond motifs is 1. The van der Waals surface area contributed by atoms with Crippen molar-refractivity contribution in [2.24, 2.45) is 0 Å². The Bertz CT molecular complexity index is 902. The first-order valence-corrected chi connectivity index (χ1v) is 7.68. The number of esters is 1. The second kappa shape index (κ2) is 6.01. The first-order chi connectivity index (χ1) is 11.0. The van der Waals surface area contributed by atoms with Gasteiger partial charge in [-0.15, -0.1) is 0 Å². The van der Waals surface area contributed by atoms with E-state index in [9.17, 15) is 4.79 Å². The maximum Gasteiger partial charge on any atom is 0.358 e. The second-order valence-corrected chi connectivity index (χ2v) is 5.68. The first kappa shape index (κ1) is 15.5. The van der Waals surface area contributed by atoms with Crippen LogP contribution < -0.4 is 0 Å². The van der Waals surface area contributed by atoms with E-state index in [0.29, 0.717) is 17.3 Å². The Hall–Kier alpha value is -2.40. The van der Waals surface area contributed by atoms with Gasteiger partial charge in [0, 0.05) is 11.6 Å². The van der Waals surface area contributed by atoms with Gasteiger partial charge in [0.05, 0.1) is 34.7 Å². The molecule has 23 heavy (non-hydrogen) atoms. The third-order valence-corrected chi connectivity index (χ3v) is 3.84. The Morgan fingerprint density at radius 2 is 2.09 bits per heavy atom. The number of ether oxygens (including phenoxy) is 1. The topological polar surface area (TPSA) is 56.5 Å². The normalized spacial score (nSPS) is 11.0. The van der Waals surface area contributed by atoms with Crippen molar-refractivity contribution in [3.05, 3.63) is 52.4 Å². The summed E-state index contributed by atoms with van der Waals surface area (Å²) in [5.74, 6) is -0.439. The molecule has 2 heterocycles. The molecule has 0 radical (unpaired) electrons. The molecule has 0 fully saturated rings. The smallest absolute Gasteiger partial charge is 0.358 e. The number of nitrogens with zero attached hydrogens (tertiary/aromatic N) is 3. The average Bonchev–Trinajstić information content (AvgIpc) is 2.92. The van der Waals surface area contributed by atoms with Gasteiger partial charge in [0.1, 0.15) is 0 Å². The molecular weight excluding hydrogens is 314 g/mol. The van der Waals surface area contributed by atoms with E-state index < -0.39 is 5.97 Å². The highest BCUT2D eigenvalue weighted by Gasteiger charge is 2.15. The van der Waals surface area contributed by atoms with E-state index in [4.69, 9.17) is 16.3 Å². The van der Waals surface area contributed by atoms with Crippen LogP contribution in [0.4, 0.5) is 0 Å². The molecule has 5 nitrogen and oxygen atoms in total. The number of carbonyl (C=O) groups is 1. The minimum atomic E-state index is -0.439. The van der Waals surface area contributed by atoms with Gasteiger partial charge in [0.2, 0.25) is 0 Å². The number of aromatic nitrogens is 3. The summed E-state index contributed by atoms with van der Waals surface area (Å²) in [4.78, 5) is 16.4. The van der Waals surface area contributed by atoms with Gasteiger partial charge in [-0.3, -0.25) is 0 Å². The molecule has 0 aliphatic heterocycles.